The van der Waals surface area contributed by atoms with Gasteiger partial charge in [0.15, 0.2) is 0 Å². The summed E-state index contributed by atoms with van der Waals surface area (Å²) in [4.78, 5) is 24.7. The lowest BCUT2D eigenvalue weighted by molar-refractivity contribution is 0.0857. The molecule has 1 fully saturated rings. The summed E-state index contributed by atoms with van der Waals surface area (Å²) in [6, 6.07) is 12.1. The molecule has 0 aromatic heterocycles. The molecule has 1 aliphatic rings. The van der Waals surface area contributed by atoms with Gasteiger partial charge in [-0.1, -0.05) is 6.07 Å². The zero-order chi connectivity index (χ0) is 19.2. The standard InChI is InChI=1S/C21H24N2O4/c1-14-5-10-19(26-2)18(12-14)23-21(25)16-8-6-15(7-9-16)20(24)22-13-17-4-3-11-27-17/h5-10,12,17H,3-4,11,13H2,1-2H3,(H,22,24)(H,23,25). The second-order valence-corrected chi connectivity index (χ2v) is 6.58. The molecule has 142 valence electrons. The summed E-state index contributed by atoms with van der Waals surface area (Å²) in [7, 11) is 1.56. The van der Waals surface area contributed by atoms with E-state index in [1.54, 1.807) is 31.4 Å². The Morgan fingerprint density at radius 1 is 1.11 bits per heavy atom. The second kappa shape index (κ2) is 8.68. The van der Waals surface area contributed by atoms with Crippen molar-refractivity contribution in [1.29, 1.82) is 0 Å². The highest BCUT2D eigenvalue weighted by molar-refractivity contribution is 6.05. The van der Waals surface area contributed by atoms with E-state index in [0.29, 0.717) is 29.1 Å². The maximum absolute atomic E-state index is 12.5. The maximum Gasteiger partial charge on any atom is 0.255 e. The Bertz CT molecular complexity index is 811. The molecule has 1 saturated heterocycles. The van der Waals surface area contributed by atoms with Crippen molar-refractivity contribution >= 4 is 17.5 Å². The highest BCUT2D eigenvalue weighted by Crippen LogP contribution is 2.25. The molecule has 2 amide bonds. The monoisotopic (exact) mass is 368 g/mol. The maximum atomic E-state index is 12.5. The van der Waals surface area contributed by atoms with Crippen molar-refractivity contribution in [2.75, 3.05) is 25.6 Å². The fraction of sp³-hybridized carbons (Fsp3) is 0.333. The van der Waals surface area contributed by atoms with Crippen molar-refractivity contribution in [3.63, 3.8) is 0 Å². The van der Waals surface area contributed by atoms with Crippen LogP contribution >= 0.6 is 0 Å². The molecule has 0 saturated carbocycles. The molecule has 0 spiro atoms. The number of anilines is 1. The summed E-state index contributed by atoms with van der Waals surface area (Å²) >= 11 is 0. The normalized spacial score (nSPS) is 16.0. The first-order valence-electron chi connectivity index (χ1n) is 9.02. The summed E-state index contributed by atoms with van der Waals surface area (Å²) in [6.07, 6.45) is 2.11. The third kappa shape index (κ3) is 4.86. The minimum Gasteiger partial charge on any atom is -0.495 e. The number of rotatable bonds is 6. The number of hydrogen-bond donors (Lipinski definition) is 2. The summed E-state index contributed by atoms with van der Waals surface area (Å²) in [5.41, 5.74) is 2.61. The number of nitrogens with one attached hydrogen (secondary N) is 2. The molecule has 27 heavy (non-hydrogen) atoms. The van der Waals surface area contributed by atoms with Crippen molar-refractivity contribution in [2.45, 2.75) is 25.9 Å². The van der Waals surface area contributed by atoms with E-state index >= 15 is 0 Å². The van der Waals surface area contributed by atoms with Gasteiger partial charge in [-0.3, -0.25) is 9.59 Å². The van der Waals surface area contributed by atoms with E-state index in [0.717, 1.165) is 25.0 Å². The van der Waals surface area contributed by atoms with Gasteiger partial charge in [-0.25, -0.2) is 0 Å². The van der Waals surface area contributed by atoms with Gasteiger partial charge in [0, 0.05) is 24.3 Å². The fourth-order valence-electron chi connectivity index (χ4n) is 3.00. The van der Waals surface area contributed by atoms with Gasteiger partial charge >= 0.3 is 0 Å². The summed E-state index contributed by atoms with van der Waals surface area (Å²) in [6.45, 7) is 3.21. The Kier molecular flexibility index (Phi) is 6.08. The Hall–Kier alpha value is -2.86. The topological polar surface area (TPSA) is 76.7 Å². The molecule has 2 aromatic rings. The van der Waals surface area contributed by atoms with Gasteiger partial charge in [0.1, 0.15) is 5.75 Å². The van der Waals surface area contributed by atoms with Gasteiger partial charge in [0.25, 0.3) is 11.8 Å². The largest absolute Gasteiger partial charge is 0.495 e. The first-order valence-corrected chi connectivity index (χ1v) is 9.02. The van der Waals surface area contributed by atoms with Crippen LogP contribution in [0.1, 0.15) is 39.1 Å². The number of carbonyl (C=O) groups excluding carboxylic acids is 2. The molecule has 6 heteroatoms. The Labute approximate surface area is 158 Å². The van der Waals surface area contributed by atoms with Crippen molar-refractivity contribution in [3.05, 3.63) is 59.2 Å². The van der Waals surface area contributed by atoms with Gasteiger partial charge in [-0.05, 0) is 61.7 Å². The third-order valence-corrected chi connectivity index (χ3v) is 4.53. The molecular formula is C21H24N2O4. The number of amides is 2. The summed E-state index contributed by atoms with van der Waals surface area (Å²) < 4.78 is 10.8. The first-order chi connectivity index (χ1) is 13.1. The van der Waals surface area contributed by atoms with E-state index in [1.807, 2.05) is 25.1 Å². The quantitative estimate of drug-likeness (QED) is 0.821. The van der Waals surface area contributed by atoms with E-state index in [4.69, 9.17) is 9.47 Å². The molecule has 1 aliphatic heterocycles. The molecule has 6 nitrogen and oxygen atoms in total. The SMILES string of the molecule is COc1ccc(C)cc1NC(=O)c1ccc(C(=O)NCC2CCCO2)cc1. The van der Waals surface area contributed by atoms with E-state index < -0.39 is 0 Å². The predicted molar refractivity (Wildman–Crippen MR) is 103 cm³/mol. The Balaban J connectivity index is 1.61. The molecule has 0 aliphatic carbocycles. The zero-order valence-corrected chi connectivity index (χ0v) is 15.6. The number of methoxy groups -OCH3 is 1. The van der Waals surface area contributed by atoms with Crippen LogP contribution in [-0.4, -0.2) is 38.2 Å². The summed E-state index contributed by atoms with van der Waals surface area (Å²) in [5.74, 6) is 0.169. The molecule has 1 unspecified atom stereocenters. The second-order valence-electron chi connectivity index (χ2n) is 6.58. The van der Waals surface area contributed by atoms with Gasteiger partial charge < -0.3 is 20.1 Å². The molecule has 2 N–H and O–H groups in total. The van der Waals surface area contributed by atoms with Crippen LogP contribution in [0.3, 0.4) is 0 Å². The van der Waals surface area contributed by atoms with Crippen molar-refractivity contribution in [1.82, 2.24) is 5.32 Å². The first kappa shape index (κ1) is 18.9. The average Bonchev–Trinajstić information content (AvgIpc) is 3.20. The predicted octanol–water partition coefficient (Wildman–Crippen LogP) is 3.16. The molecule has 1 atom stereocenters. The molecule has 2 aromatic carbocycles. The lowest BCUT2D eigenvalue weighted by Gasteiger charge is -2.12. The molecule has 3 rings (SSSR count). The molecule has 0 radical (unpaired) electrons. The Morgan fingerprint density at radius 2 is 1.81 bits per heavy atom. The fourth-order valence-corrected chi connectivity index (χ4v) is 3.00. The number of hydrogen-bond acceptors (Lipinski definition) is 4. The molecule has 0 bridgehead atoms. The van der Waals surface area contributed by atoms with Crippen LogP contribution in [0.2, 0.25) is 0 Å². The highest BCUT2D eigenvalue weighted by Gasteiger charge is 2.17. The van der Waals surface area contributed by atoms with Gasteiger partial charge in [-0.15, -0.1) is 0 Å². The zero-order valence-electron chi connectivity index (χ0n) is 15.6. The minimum atomic E-state index is -0.259. The third-order valence-electron chi connectivity index (χ3n) is 4.53. The summed E-state index contributed by atoms with van der Waals surface area (Å²) in [5, 5.41) is 5.72. The number of benzene rings is 2. The molecular weight excluding hydrogens is 344 g/mol. The van der Waals surface area contributed by atoms with E-state index in [9.17, 15) is 9.59 Å². The minimum absolute atomic E-state index is 0.100. The smallest absolute Gasteiger partial charge is 0.255 e. The highest BCUT2D eigenvalue weighted by atomic mass is 16.5. The van der Waals surface area contributed by atoms with Crippen LogP contribution in [-0.2, 0) is 4.74 Å². The van der Waals surface area contributed by atoms with Gasteiger partial charge in [0.2, 0.25) is 0 Å². The van der Waals surface area contributed by atoms with Crippen LogP contribution in [0.15, 0.2) is 42.5 Å². The lowest BCUT2D eigenvalue weighted by Crippen LogP contribution is -2.31. The van der Waals surface area contributed by atoms with Crippen LogP contribution in [0.25, 0.3) is 0 Å². The van der Waals surface area contributed by atoms with E-state index in [2.05, 4.69) is 10.6 Å². The van der Waals surface area contributed by atoms with Crippen LogP contribution in [0.5, 0.6) is 5.75 Å². The number of aryl methyl sites for hydroxylation is 1. The Morgan fingerprint density at radius 3 is 2.44 bits per heavy atom. The van der Waals surface area contributed by atoms with Gasteiger partial charge in [0.05, 0.1) is 18.9 Å². The van der Waals surface area contributed by atoms with E-state index in [-0.39, 0.29) is 17.9 Å². The van der Waals surface area contributed by atoms with Crippen molar-refractivity contribution < 1.29 is 19.1 Å². The number of carbonyl (C=O) groups is 2. The van der Waals surface area contributed by atoms with Crippen LogP contribution < -0.4 is 15.4 Å². The van der Waals surface area contributed by atoms with E-state index in [1.165, 1.54) is 0 Å². The van der Waals surface area contributed by atoms with Crippen molar-refractivity contribution in [3.8, 4) is 5.75 Å². The lowest BCUT2D eigenvalue weighted by atomic mass is 10.1. The number of ether oxygens (including phenoxy) is 2. The average molecular weight is 368 g/mol. The molecule has 1 heterocycles. The van der Waals surface area contributed by atoms with Crippen LogP contribution in [0, 0.1) is 6.92 Å². The van der Waals surface area contributed by atoms with Crippen molar-refractivity contribution in [2.24, 2.45) is 0 Å². The van der Waals surface area contributed by atoms with Crippen LogP contribution in [0.4, 0.5) is 5.69 Å². The van der Waals surface area contributed by atoms with Gasteiger partial charge in [-0.2, -0.15) is 0 Å².